The number of rotatable bonds is 3. The summed E-state index contributed by atoms with van der Waals surface area (Å²) in [5.74, 6) is 0.715. The maximum absolute atomic E-state index is 11.4. The second-order valence-electron chi connectivity index (χ2n) is 5.21. The molecule has 2 atom stereocenters. The first-order chi connectivity index (χ1) is 7.55. The molecule has 17 heavy (non-hydrogen) atoms. The second kappa shape index (κ2) is 6.36. The highest BCUT2D eigenvalue weighted by Gasteiger charge is 2.31. The zero-order chi connectivity index (χ0) is 11.6. The van der Waals surface area contributed by atoms with E-state index in [9.17, 15) is 8.42 Å². The van der Waals surface area contributed by atoms with Crippen molar-refractivity contribution in [3.05, 3.63) is 0 Å². The van der Waals surface area contributed by atoms with Crippen molar-refractivity contribution in [2.75, 3.05) is 39.0 Å². The summed E-state index contributed by atoms with van der Waals surface area (Å²) in [5.41, 5.74) is 0. The first-order valence-electron chi connectivity index (χ1n) is 6.17. The molecular formula is C11H23ClN2O2S. The highest BCUT2D eigenvalue weighted by molar-refractivity contribution is 7.91. The lowest BCUT2D eigenvalue weighted by Crippen LogP contribution is -2.38. The average molecular weight is 283 g/mol. The standard InChI is InChI=1S/C11H22N2O2S.ClH/c1-16(14,15)11-4-6-13(9-11)8-10-3-2-5-12-7-10;/h10-12H,2-9H2,1H3;1H. The molecule has 6 heteroatoms. The summed E-state index contributed by atoms with van der Waals surface area (Å²) in [5, 5.41) is 3.28. The van der Waals surface area contributed by atoms with E-state index in [1.807, 2.05) is 0 Å². The maximum Gasteiger partial charge on any atom is 0.151 e. The Labute approximate surface area is 110 Å². The molecule has 2 unspecified atom stereocenters. The second-order valence-corrected chi connectivity index (χ2v) is 7.54. The van der Waals surface area contributed by atoms with Gasteiger partial charge in [0.2, 0.25) is 0 Å². The van der Waals surface area contributed by atoms with Crippen molar-refractivity contribution in [1.29, 1.82) is 0 Å². The fraction of sp³-hybridized carbons (Fsp3) is 1.00. The molecule has 0 aliphatic carbocycles. The number of hydrogen-bond acceptors (Lipinski definition) is 4. The highest BCUT2D eigenvalue weighted by Crippen LogP contribution is 2.19. The normalized spacial score (nSPS) is 31.1. The topological polar surface area (TPSA) is 49.4 Å². The van der Waals surface area contributed by atoms with Crippen LogP contribution in [-0.4, -0.2) is 57.5 Å². The van der Waals surface area contributed by atoms with Gasteiger partial charge in [0.1, 0.15) is 0 Å². The number of nitrogens with zero attached hydrogens (tertiary/aromatic N) is 1. The largest absolute Gasteiger partial charge is 0.316 e. The molecular weight excluding hydrogens is 260 g/mol. The van der Waals surface area contributed by atoms with Crippen LogP contribution in [0.5, 0.6) is 0 Å². The third-order valence-electron chi connectivity index (χ3n) is 3.75. The van der Waals surface area contributed by atoms with Crippen molar-refractivity contribution >= 4 is 22.2 Å². The summed E-state index contributed by atoms with van der Waals surface area (Å²) >= 11 is 0. The molecule has 0 aromatic rings. The van der Waals surface area contributed by atoms with Crippen LogP contribution in [0.1, 0.15) is 19.3 Å². The molecule has 102 valence electrons. The Morgan fingerprint density at radius 3 is 2.65 bits per heavy atom. The Hall–Kier alpha value is 0.160. The van der Waals surface area contributed by atoms with Crippen molar-refractivity contribution in [2.45, 2.75) is 24.5 Å². The summed E-state index contributed by atoms with van der Waals surface area (Å²) < 4.78 is 22.9. The van der Waals surface area contributed by atoms with Crippen molar-refractivity contribution in [3.63, 3.8) is 0 Å². The van der Waals surface area contributed by atoms with E-state index in [1.165, 1.54) is 19.1 Å². The quantitative estimate of drug-likeness (QED) is 0.820. The molecule has 1 N–H and O–H groups in total. The molecule has 2 aliphatic heterocycles. The van der Waals surface area contributed by atoms with Gasteiger partial charge in [0.05, 0.1) is 5.25 Å². The van der Waals surface area contributed by atoms with E-state index in [4.69, 9.17) is 0 Å². The minimum atomic E-state index is -2.83. The van der Waals surface area contributed by atoms with Crippen molar-refractivity contribution < 1.29 is 8.42 Å². The molecule has 0 aromatic carbocycles. The Morgan fingerprint density at radius 1 is 1.35 bits per heavy atom. The molecule has 0 spiro atoms. The minimum Gasteiger partial charge on any atom is -0.316 e. The molecule has 4 nitrogen and oxygen atoms in total. The zero-order valence-electron chi connectivity index (χ0n) is 10.4. The predicted molar refractivity (Wildman–Crippen MR) is 72.5 cm³/mol. The summed E-state index contributed by atoms with van der Waals surface area (Å²) in [6.45, 7) is 5.01. The molecule has 2 fully saturated rings. The molecule has 0 bridgehead atoms. The van der Waals surface area contributed by atoms with Crippen LogP contribution < -0.4 is 5.32 Å². The van der Waals surface area contributed by atoms with Gasteiger partial charge in [-0.15, -0.1) is 12.4 Å². The van der Waals surface area contributed by atoms with Gasteiger partial charge in [-0.1, -0.05) is 0 Å². The van der Waals surface area contributed by atoms with Crippen LogP contribution >= 0.6 is 12.4 Å². The van der Waals surface area contributed by atoms with Gasteiger partial charge < -0.3 is 10.2 Å². The van der Waals surface area contributed by atoms with Crippen LogP contribution in [-0.2, 0) is 9.84 Å². The predicted octanol–water partition coefficient (Wildman–Crippen LogP) is 0.527. The first-order valence-corrected chi connectivity index (χ1v) is 8.13. The van der Waals surface area contributed by atoms with Crippen LogP contribution in [0.2, 0.25) is 0 Å². The third-order valence-corrected chi connectivity index (χ3v) is 5.35. The van der Waals surface area contributed by atoms with Gasteiger partial charge in [-0.05, 0) is 44.8 Å². The van der Waals surface area contributed by atoms with Gasteiger partial charge in [0.15, 0.2) is 9.84 Å². The smallest absolute Gasteiger partial charge is 0.151 e. The van der Waals surface area contributed by atoms with E-state index in [1.54, 1.807) is 0 Å². The van der Waals surface area contributed by atoms with Gasteiger partial charge in [-0.3, -0.25) is 0 Å². The van der Waals surface area contributed by atoms with Gasteiger partial charge in [-0.2, -0.15) is 0 Å². The number of nitrogens with one attached hydrogen (secondary N) is 1. The van der Waals surface area contributed by atoms with E-state index >= 15 is 0 Å². The number of sulfone groups is 1. The molecule has 0 amide bonds. The Balaban J connectivity index is 0.00000144. The van der Waals surface area contributed by atoms with E-state index in [-0.39, 0.29) is 17.7 Å². The molecule has 2 saturated heterocycles. The van der Waals surface area contributed by atoms with Crippen LogP contribution in [0.4, 0.5) is 0 Å². The lowest BCUT2D eigenvalue weighted by molar-refractivity contribution is 0.244. The van der Waals surface area contributed by atoms with Crippen LogP contribution in [0.25, 0.3) is 0 Å². The van der Waals surface area contributed by atoms with Crippen molar-refractivity contribution in [3.8, 4) is 0 Å². The monoisotopic (exact) mass is 282 g/mol. The molecule has 0 radical (unpaired) electrons. The van der Waals surface area contributed by atoms with Gasteiger partial charge >= 0.3 is 0 Å². The third kappa shape index (κ3) is 4.39. The summed E-state index contributed by atoms with van der Waals surface area (Å²) in [6.07, 6.45) is 4.73. The molecule has 2 heterocycles. The number of halogens is 1. The van der Waals surface area contributed by atoms with E-state index in [2.05, 4.69) is 10.2 Å². The minimum absolute atomic E-state index is 0. The summed E-state index contributed by atoms with van der Waals surface area (Å²) in [4.78, 5) is 2.32. The average Bonchev–Trinajstić information content (AvgIpc) is 2.67. The van der Waals surface area contributed by atoms with E-state index in [0.717, 1.165) is 39.1 Å². The lowest BCUT2D eigenvalue weighted by atomic mass is 9.99. The van der Waals surface area contributed by atoms with E-state index < -0.39 is 9.84 Å². The fourth-order valence-corrected chi connectivity index (χ4v) is 3.77. The van der Waals surface area contributed by atoms with Gasteiger partial charge in [0, 0.05) is 19.3 Å². The summed E-state index contributed by atoms with van der Waals surface area (Å²) in [7, 11) is -2.83. The van der Waals surface area contributed by atoms with Gasteiger partial charge in [0.25, 0.3) is 0 Å². The van der Waals surface area contributed by atoms with Crippen molar-refractivity contribution in [2.24, 2.45) is 5.92 Å². The fourth-order valence-electron chi connectivity index (χ4n) is 2.76. The number of hydrogen-bond donors (Lipinski definition) is 1. The first kappa shape index (κ1) is 15.2. The highest BCUT2D eigenvalue weighted by atomic mass is 35.5. The Morgan fingerprint density at radius 2 is 2.12 bits per heavy atom. The number of likely N-dealkylation sites (tertiary alicyclic amines) is 1. The Kier molecular flexibility index (Phi) is 5.70. The van der Waals surface area contributed by atoms with Crippen LogP contribution in [0.3, 0.4) is 0 Å². The molecule has 2 aliphatic rings. The molecule has 0 saturated carbocycles. The Bertz CT molecular complexity index is 328. The maximum atomic E-state index is 11.4. The van der Waals surface area contributed by atoms with Crippen molar-refractivity contribution in [1.82, 2.24) is 10.2 Å². The lowest BCUT2D eigenvalue weighted by Gasteiger charge is -2.27. The molecule has 0 aromatic heterocycles. The molecule has 2 rings (SSSR count). The zero-order valence-corrected chi connectivity index (χ0v) is 12.0. The SMILES string of the molecule is CS(=O)(=O)C1CCN(CC2CCCNC2)C1.Cl. The van der Waals surface area contributed by atoms with E-state index in [0.29, 0.717) is 5.92 Å². The van der Waals surface area contributed by atoms with Crippen LogP contribution in [0.15, 0.2) is 0 Å². The summed E-state index contributed by atoms with van der Waals surface area (Å²) in [6, 6.07) is 0. The van der Waals surface area contributed by atoms with Gasteiger partial charge in [-0.25, -0.2) is 8.42 Å². The number of piperidine rings is 1. The van der Waals surface area contributed by atoms with Crippen LogP contribution in [0, 0.1) is 5.92 Å².